The number of carbonyl (C=O) groups is 1. The molecule has 1 saturated heterocycles. The monoisotopic (exact) mass is 482 g/mol. The van der Waals surface area contributed by atoms with Gasteiger partial charge in [0.15, 0.2) is 9.84 Å². The molecule has 0 spiro atoms. The van der Waals surface area contributed by atoms with Crippen LogP contribution >= 0.6 is 11.6 Å². The second kappa shape index (κ2) is 8.54. The van der Waals surface area contributed by atoms with Gasteiger partial charge in [0.1, 0.15) is 4.90 Å². The summed E-state index contributed by atoms with van der Waals surface area (Å²) < 4.78 is 52.1. The third-order valence-electron chi connectivity index (χ3n) is 5.74. The number of fused-ring (bicyclic) bond motifs is 1. The Kier molecular flexibility index (Phi) is 6.13. The normalized spacial score (nSPS) is 21.3. The summed E-state index contributed by atoms with van der Waals surface area (Å²) in [6, 6.07) is 10.3. The van der Waals surface area contributed by atoms with Gasteiger partial charge in [-0.1, -0.05) is 36.2 Å². The minimum atomic E-state index is -3.80. The number of nitrogens with one attached hydrogen (secondary N) is 1. The largest absolute Gasteiger partial charge is 0.345 e. The maximum atomic E-state index is 13.1. The van der Waals surface area contributed by atoms with Gasteiger partial charge in [-0.15, -0.1) is 0 Å². The second-order valence-electron chi connectivity index (χ2n) is 7.78. The molecule has 2 aliphatic heterocycles. The molecule has 2 aliphatic rings. The van der Waals surface area contributed by atoms with E-state index >= 15 is 0 Å². The summed E-state index contributed by atoms with van der Waals surface area (Å²) in [7, 11) is -7.18. The quantitative estimate of drug-likeness (QED) is 0.721. The molecule has 1 atom stereocenters. The molecule has 0 aromatic heterocycles. The molecule has 0 saturated carbocycles. The molecule has 2 heterocycles. The van der Waals surface area contributed by atoms with Crippen LogP contribution in [-0.4, -0.2) is 45.9 Å². The number of halogens is 1. The van der Waals surface area contributed by atoms with Crippen LogP contribution in [0, 0.1) is 0 Å². The molecule has 7 nitrogen and oxygen atoms in total. The minimum absolute atomic E-state index is 0.0653. The Labute approximate surface area is 187 Å². The summed E-state index contributed by atoms with van der Waals surface area (Å²) in [5.74, 6) is -0.546. The number of hydrogen-bond acceptors (Lipinski definition) is 5. The third kappa shape index (κ3) is 4.37. The molecule has 10 heteroatoms. The number of sulfonamides is 1. The highest BCUT2D eigenvalue weighted by Crippen LogP contribution is 2.33. The maximum absolute atomic E-state index is 13.1. The van der Waals surface area contributed by atoms with Crippen molar-refractivity contribution in [2.45, 2.75) is 41.5 Å². The first-order chi connectivity index (χ1) is 14.7. The van der Waals surface area contributed by atoms with E-state index in [1.165, 1.54) is 28.6 Å². The van der Waals surface area contributed by atoms with Crippen molar-refractivity contribution in [2.24, 2.45) is 0 Å². The molecule has 31 heavy (non-hydrogen) atoms. The zero-order valence-electron chi connectivity index (χ0n) is 16.8. The van der Waals surface area contributed by atoms with E-state index in [-0.39, 0.29) is 32.6 Å². The van der Waals surface area contributed by atoms with Crippen LogP contribution in [0.4, 0.5) is 0 Å². The first kappa shape index (κ1) is 22.3. The van der Waals surface area contributed by atoms with Gasteiger partial charge in [0.2, 0.25) is 10.0 Å². The highest BCUT2D eigenvalue weighted by atomic mass is 35.5. The van der Waals surface area contributed by atoms with Gasteiger partial charge >= 0.3 is 0 Å². The number of hydrogen-bond donors (Lipinski definition) is 1. The predicted octanol–water partition coefficient (Wildman–Crippen LogP) is 3.16. The van der Waals surface area contributed by atoms with E-state index in [0.717, 1.165) is 19.3 Å². The van der Waals surface area contributed by atoms with E-state index in [2.05, 4.69) is 5.32 Å². The Hall–Kier alpha value is -1.94. The fourth-order valence-electron chi connectivity index (χ4n) is 4.07. The first-order valence-corrected chi connectivity index (χ1v) is 13.6. The average molecular weight is 483 g/mol. The van der Waals surface area contributed by atoms with Crippen LogP contribution in [0.25, 0.3) is 0 Å². The van der Waals surface area contributed by atoms with Crippen LogP contribution in [0.15, 0.2) is 52.3 Å². The summed E-state index contributed by atoms with van der Waals surface area (Å²) >= 11 is 6.19. The molecule has 1 N–H and O–H groups in total. The summed E-state index contributed by atoms with van der Waals surface area (Å²) in [5, 5.41) is 2.92. The summed E-state index contributed by atoms with van der Waals surface area (Å²) in [6.07, 6.45) is 2.82. The van der Waals surface area contributed by atoms with Gasteiger partial charge in [0, 0.05) is 18.7 Å². The van der Waals surface area contributed by atoms with Gasteiger partial charge in [-0.3, -0.25) is 4.79 Å². The molecule has 0 bridgehead atoms. The van der Waals surface area contributed by atoms with Gasteiger partial charge in [-0.05, 0) is 49.1 Å². The van der Waals surface area contributed by atoms with Crippen molar-refractivity contribution in [2.75, 3.05) is 18.8 Å². The summed E-state index contributed by atoms with van der Waals surface area (Å²) in [5.41, 5.74) is 0.697. The van der Waals surface area contributed by atoms with Crippen LogP contribution in [0.5, 0.6) is 0 Å². The number of benzene rings is 2. The van der Waals surface area contributed by atoms with Crippen molar-refractivity contribution < 1.29 is 21.6 Å². The lowest BCUT2D eigenvalue weighted by Gasteiger charge is -2.27. The molecule has 4 rings (SSSR count). The van der Waals surface area contributed by atoms with Crippen molar-refractivity contribution in [1.29, 1.82) is 0 Å². The summed E-state index contributed by atoms with van der Waals surface area (Å²) in [6.45, 7) is 0.866. The molecular formula is C21H23ClN2O5S2. The third-order valence-corrected chi connectivity index (χ3v) is 9.93. The van der Waals surface area contributed by atoms with Crippen molar-refractivity contribution >= 4 is 37.4 Å². The lowest BCUT2D eigenvalue weighted by molar-refractivity contribution is 0.0934. The fourth-order valence-corrected chi connectivity index (χ4v) is 7.71. The number of amides is 1. The van der Waals surface area contributed by atoms with E-state index in [9.17, 15) is 21.6 Å². The van der Waals surface area contributed by atoms with Crippen molar-refractivity contribution in [3.8, 4) is 0 Å². The van der Waals surface area contributed by atoms with Gasteiger partial charge in [-0.2, -0.15) is 4.31 Å². The highest BCUT2D eigenvalue weighted by Gasteiger charge is 2.32. The van der Waals surface area contributed by atoms with Crippen molar-refractivity contribution in [3.05, 3.63) is 58.6 Å². The molecule has 2 aromatic carbocycles. The molecular weight excluding hydrogens is 460 g/mol. The van der Waals surface area contributed by atoms with Crippen LogP contribution in [0.3, 0.4) is 0 Å². The van der Waals surface area contributed by atoms with Gasteiger partial charge < -0.3 is 5.32 Å². The lowest BCUT2D eigenvalue weighted by Crippen LogP contribution is -2.36. The highest BCUT2D eigenvalue weighted by molar-refractivity contribution is 7.91. The average Bonchev–Trinajstić information content (AvgIpc) is 2.76. The molecule has 1 amide bonds. The van der Waals surface area contributed by atoms with Gasteiger partial charge in [-0.25, -0.2) is 16.8 Å². The molecule has 0 unspecified atom stereocenters. The molecule has 0 radical (unpaired) electrons. The molecule has 166 valence electrons. The Morgan fingerprint density at radius 1 is 1.06 bits per heavy atom. The predicted molar refractivity (Wildman–Crippen MR) is 117 cm³/mol. The number of sulfone groups is 1. The topological polar surface area (TPSA) is 101 Å². The van der Waals surface area contributed by atoms with E-state index in [0.29, 0.717) is 18.7 Å². The first-order valence-electron chi connectivity index (χ1n) is 10.1. The Balaban J connectivity index is 1.61. The number of rotatable bonds is 4. The Morgan fingerprint density at radius 3 is 2.52 bits per heavy atom. The minimum Gasteiger partial charge on any atom is -0.345 e. The van der Waals surface area contributed by atoms with Crippen LogP contribution in [0.2, 0.25) is 5.02 Å². The Morgan fingerprint density at radius 2 is 1.77 bits per heavy atom. The van der Waals surface area contributed by atoms with E-state index < -0.39 is 31.8 Å². The van der Waals surface area contributed by atoms with Gasteiger partial charge in [0.25, 0.3) is 5.91 Å². The molecule has 0 aliphatic carbocycles. The van der Waals surface area contributed by atoms with Crippen LogP contribution in [0.1, 0.15) is 47.6 Å². The number of piperidine rings is 1. The maximum Gasteiger partial charge on any atom is 0.251 e. The van der Waals surface area contributed by atoms with Gasteiger partial charge in [0.05, 0.1) is 21.7 Å². The second-order valence-corrected chi connectivity index (χ2v) is 12.2. The number of carbonyl (C=O) groups excluding carboxylic acids is 1. The fraction of sp³-hybridized carbons (Fsp3) is 0.381. The molecule has 2 aromatic rings. The standard InChI is InChI=1S/C21H23ClN2O5S2/c22-17-9-8-15(14-20(17)31(28,29)24-11-4-1-5-12-24)21(25)23-18-10-13-30(26,27)19-7-3-2-6-16(18)19/h2-3,6-9,14,18H,1,4-5,10-13H2,(H,23,25)/t18-/m0/s1. The number of nitrogens with zero attached hydrogens (tertiary/aromatic N) is 1. The zero-order chi connectivity index (χ0) is 22.2. The van der Waals surface area contributed by atoms with E-state index in [1.807, 2.05) is 0 Å². The zero-order valence-corrected chi connectivity index (χ0v) is 19.1. The SMILES string of the molecule is O=C(N[C@H]1CCS(=O)(=O)c2ccccc21)c1ccc(Cl)c(S(=O)(=O)N2CCCCC2)c1. The van der Waals surface area contributed by atoms with E-state index in [1.54, 1.807) is 18.2 Å². The molecule has 1 fully saturated rings. The van der Waals surface area contributed by atoms with Crippen LogP contribution < -0.4 is 5.32 Å². The van der Waals surface area contributed by atoms with E-state index in [4.69, 9.17) is 11.6 Å². The lowest BCUT2D eigenvalue weighted by atomic mass is 10.0. The summed E-state index contributed by atoms with van der Waals surface area (Å²) in [4.78, 5) is 13.1. The Bertz CT molecular complexity index is 1220. The smallest absolute Gasteiger partial charge is 0.251 e. The van der Waals surface area contributed by atoms with Crippen LogP contribution in [-0.2, 0) is 19.9 Å². The van der Waals surface area contributed by atoms with Crippen molar-refractivity contribution in [1.82, 2.24) is 9.62 Å². The van der Waals surface area contributed by atoms with Crippen molar-refractivity contribution in [3.63, 3.8) is 0 Å².